The van der Waals surface area contributed by atoms with Gasteiger partial charge in [0.25, 0.3) is 0 Å². The summed E-state index contributed by atoms with van der Waals surface area (Å²) in [5, 5.41) is 2.80. The molecule has 0 aliphatic carbocycles. The average molecular weight is 455 g/mol. The normalized spacial score (nSPS) is 20.1. The molecule has 31 heavy (non-hydrogen) atoms. The number of esters is 3. The number of ether oxygens (including phenoxy) is 3. The Morgan fingerprint density at radius 1 is 1.16 bits per heavy atom. The molecule has 0 aromatic heterocycles. The first-order chi connectivity index (χ1) is 14.8. The highest BCUT2D eigenvalue weighted by atomic mass is 31.2. The van der Waals surface area contributed by atoms with Crippen LogP contribution in [0.1, 0.15) is 38.2 Å². The molecule has 1 unspecified atom stereocenters. The van der Waals surface area contributed by atoms with E-state index in [2.05, 4.69) is 5.32 Å². The van der Waals surface area contributed by atoms with Crippen LogP contribution in [0.5, 0.6) is 0 Å². The van der Waals surface area contributed by atoms with Crippen molar-refractivity contribution in [2.75, 3.05) is 32.1 Å². The predicted octanol–water partition coefficient (Wildman–Crippen LogP) is 2.01. The Bertz CT molecular complexity index is 792. The first kappa shape index (κ1) is 25.2. The molecule has 1 aromatic carbocycles. The molecule has 2 rings (SSSR count). The largest absolute Gasteiger partial charge is 0.464 e. The molecular weight excluding hydrogens is 425 g/mol. The fourth-order valence-corrected chi connectivity index (χ4v) is 4.63. The molecule has 10 heteroatoms. The van der Waals surface area contributed by atoms with Gasteiger partial charge in [0.05, 0.1) is 6.61 Å². The minimum Gasteiger partial charge on any atom is -0.464 e. The summed E-state index contributed by atoms with van der Waals surface area (Å²) in [6.07, 6.45) is 1.94. The molecule has 1 aliphatic heterocycles. The summed E-state index contributed by atoms with van der Waals surface area (Å²) in [6.45, 7) is 1.77. The summed E-state index contributed by atoms with van der Waals surface area (Å²) in [5.41, 5.74) is -0.505. The van der Waals surface area contributed by atoms with Crippen molar-refractivity contribution in [3.05, 3.63) is 35.9 Å². The minimum absolute atomic E-state index is 0.0358. The molecule has 172 valence electrons. The van der Waals surface area contributed by atoms with E-state index in [1.54, 1.807) is 6.92 Å². The standard InChI is InChI=1S/C21H30NO8P/c1-2-28-18(23)15-29-21(12-8-13-22-21)20(25)30-19(24)16-31(26,27)14-7-6-11-17-9-4-3-5-10-17/h3-5,9-10,22H,2,6-8,11-16H2,1H3,(H,26,27)/t21-/m1/s1. The van der Waals surface area contributed by atoms with E-state index >= 15 is 0 Å². The summed E-state index contributed by atoms with van der Waals surface area (Å²) in [4.78, 5) is 46.2. The Hall–Kier alpha value is -2.06. The topological polar surface area (TPSA) is 128 Å². The van der Waals surface area contributed by atoms with Crippen LogP contribution in [-0.4, -0.2) is 60.6 Å². The summed E-state index contributed by atoms with van der Waals surface area (Å²) in [5.74, 6) is -2.76. The Kier molecular flexibility index (Phi) is 9.84. The first-order valence-corrected chi connectivity index (χ1v) is 12.4. The highest BCUT2D eigenvalue weighted by Gasteiger charge is 2.46. The number of nitrogens with one attached hydrogen (secondary N) is 1. The lowest BCUT2D eigenvalue weighted by Gasteiger charge is -2.26. The van der Waals surface area contributed by atoms with Gasteiger partial charge in [-0.1, -0.05) is 30.3 Å². The van der Waals surface area contributed by atoms with Crippen molar-refractivity contribution in [2.45, 2.75) is 44.8 Å². The molecule has 0 amide bonds. The van der Waals surface area contributed by atoms with Crippen molar-refractivity contribution in [3.63, 3.8) is 0 Å². The van der Waals surface area contributed by atoms with Gasteiger partial charge in [-0.2, -0.15) is 0 Å². The van der Waals surface area contributed by atoms with Gasteiger partial charge in [-0.15, -0.1) is 0 Å². The predicted molar refractivity (Wildman–Crippen MR) is 113 cm³/mol. The van der Waals surface area contributed by atoms with Crippen LogP contribution in [0.3, 0.4) is 0 Å². The Morgan fingerprint density at radius 3 is 2.55 bits per heavy atom. The fraction of sp³-hybridized carbons (Fsp3) is 0.571. The van der Waals surface area contributed by atoms with Crippen molar-refractivity contribution in [3.8, 4) is 0 Å². The van der Waals surface area contributed by atoms with Crippen molar-refractivity contribution < 1.29 is 38.1 Å². The van der Waals surface area contributed by atoms with Gasteiger partial charge in [0, 0.05) is 12.6 Å². The van der Waals surface area contributed by atoms with Crippen molar-refractivity contribution >= 4 is 25.3 Å². The van der Waals surface area contributed by atoms with Crippen LogP contribution in [0.2, 0.25) is 0 Å². The maximum absolute atomic E-state index is 12.5. The molecule has 1 fully saturated rings. The van der Waals surface area contributed by atoms with E-state index < -0.39 is 43.8 Å². The molecule has 1 aromatic rings. The minimum atomic E-state index is -3.78. The van der Waals surface area contributed by atoms with E-state index in [1.807, 2.05) is 30.3 Å². The van der Waals surface area contributed by atoms with Gasteiger partial charge in [-0.05, 0) is 44.7 Å². The third kappa shape index (κ3) is 8.53. The first-order valence-electron chi connectivity index (χ1n) is 10.4. The lowest BCUT2D eigenvalue weighted by molar-refractivity contribution is -0.184. The summed E-state index contributed by atoms with van der Waals surface area (Å²) in [7, 11) is -3.78. The lowest BCUT2D eigenvalue weighted by atomic mass is 10.1. The number of carbonyl (C=O) groups excluding carboxylic acids is 3. The van der Waals surface area contributed by atoms with Crippen molar-refractivity contribution in [1.82, 2.24) is 5.32 Å². The second-order valence-electron chi connectivity index (χ2n) is 7.38. The van der Waals surface area contributed by atoms with E-state index in [1.165, 1.54) is 0 Å². The number of aryl methyl sites for hydroxylation is 1. The number of unbranched alkanes of at least 4 members (excludes halogenated alkanes) is 1. The zero-order valence-corrected chi connectivity index (χ0v) is 18.6. The molecule has 1 saturated heterocycles. The zero-order valence-electron chi connectivity index (χ0n) is 17.7. The summed E-state index contributed by atoms with van der Waals surface area (Å²) in [6, 6.07) is 9.76. The van der Waals surface area contributed by atoms with Gasteiger partial charge in [0.15, 0.2) is 0 Å². The maximum atomic E-state index is 12.5. The van der Waals surface area contributed by atoms with Crippen LogP contribution in [0.4, 0.5) is 0 Å². The van der Waals surface area contributed by atoms with Gasteiger partial charge < -0.3 is 19.1 Å². The molecule has 2 atom stereocenters. The van der Waals surface area contributed by atoms with Gasteiger partial charge in [0.2, 0.25) is 13.1 Å². The molecule has 9 nitrogen and oxygen atoms in total. The Labute approximate surface area is 181 Å². The van der Waals surface area contributed by atoms with E-state index in [-0.39, 0.29) is 19.2 Å². The summed E-state index contributed by atoms with van der Waals surface area (Å²) < 4.78 is 27.3. The SMILES string of the molecule is CCOC(=O)CO[C@@]1(C(=O)OC(=O)CP(=O)(O)CCCCc2ccccc2)CCCN1. The quantitative estimate of drug-likeness (QED) is 0.210. The smallest absolute Gasteiger partial charge is 0.361 e. The summed E-state index contributed by atoms with van der Waals surface area (Å²) >= 11 is 0. The van der Waals surface area contributed by atoms with Gasteiger partial charge in [-0.25, -0.2) is 9.59 Å². The fourth-order valence-electron chi connectivity index (χ4n) is 3.29. The molecule has 1 aliphatic rings. The number of hydrogen-bond acceptors (Lipinski definition) is 8. The molecule has 2 N–H and O–H groups in total. The number of hydrogen-bond donors (Lipinski definition) is 2. The second kappa shape index (κ2) is 12.1. The van der Waals surface area contributed by atoms with Crippen LogP contribution >= 0.6 is 7.37 Å². The molecule has 1 heterocycles. The van der Waals surface area contributed by atoms with Crippen molar-refractivity contribution in [2.24, 2.45) is 0 Å². The number of rotatable bonds is 12. The average Bonchev–Trinajstić information content (AvgIpc) is 3.21. The number of carbonyl (C=O) groups is 3. The van der Waals surface area contributed by atoms with Crippen molar-refractivity contribution in [1.29, 1.82) is 0 Å². The zero-order chi connectivity index (χ0) is 22.7. The van der Waals surface area contributed by atoms with Gasteiger partial charge in [-0.3, -0.25) is 14.7 Å². The third-order valence-corrected chi connectivity index (χ3v) is 6.60. The molecular formula is C21H30NO8P. The molecule has 0 saturated carbocycles. The van der Waals surface area contributed by atoms with E-state index in [0.29, 0.717) is 25.8 Å². The lowest BCUT2D eigenvalue weighted by Crippen LogP contribution is -2.52. The maximum Gasteiger partial charge on any atom is 0.361 e. The number of benzene rings is 1. The highest BCUT2D eigenvalue weighted by molar-refractivity contribution is 7.58. The van der Waals surface area contributed by atoms with Crippen LogP contribution in [0.25, 0.3) is 0 Å². The van der Waals surface area contributed by atoms with Gasteiger partial charge in [0.1, 0.15) is 12.8 Å². The molecule has 0 spiro atoms. The van der Waals surface area contributed by atoms with Gasteiger partial charge >= 0.3 is 17.9 Å². The second-order valence-corrected chi connectivity index (χ2v) is 9.84. The monoisotopic (exact) mass is 455 g/mol. The Morgan fingerprint density at radius 2 is 1.90 bits per heavy atom. The van der Waals surface area contributed by atoms with Crippen LogP contribution in [-0.2, 0) is 39.6 Å². The highest BCUT2D eigenvalue weighted by Crippen LogP contribution is 2.41. The van der Waals surface area contributed by atoms with Crippen LogP contribution in [0.15, 0.2) is 30.3 Å². The Balaban J connectivity index is 1.79. The molecule has 0 bridgehead atoms. The van der Waals surface area contributed by atoms with E-state index in [4.69, 9.17) is 14.2 Å². The third-order valence-electron chi connectivity index (χ3n) is 4.84. The van der Waals surface area contributed by atoms with E-state index in [9.17, 15) is 23.8 Å². The van der Waals surface area contributed by atoms with E-state index in [0.717, 1.165) is 12.0 Å². The molecule has 0 radical (unpaired) electrons. The van der Waals surface area contributed by atoms with Crippen LogP contribution in [0, 0.1) is 0 Å². The van der Waals surface area contributed by atoms with Crippen LogP contribution < -0.4 is 5.32 Å².